The van der Waals surface area contributed by atoms with E-state index in [1.165, 1.54) is 0 Å². The first-order chi connectivity index (χ1) is 11.8. The number of urea groups is 1. The van der Waals surface area contributed by atoms with Crippen molar-refractivity contribution in [2.24, 2.45) is 0 Å². The van der Waals surface area contributed by atoms with Crippen LogP contribution in [0.15, 0.2) is 48.5 Å². The molecule has 4 nitrogen and oxygen atoms in total. The summed E-state index contributed by atoms with van der Waals surface area (Å²) < 4.78 is 40.6. The second kappa shape index (κ2) is 8.73. The first kappa shape index (κ1) is 19.1. The van der Waals surface area contributed by atoms with Crippen LogP contribution in [-0.4, -0.2) is 18.8 Å². The van der Waals surface area contributed by atoms with Crippen molar-refractivity contribution in [3.05, 3.63) is 64.7 Å². The summed E-state index contributed by atoms with van der Waals surface area (Å²) in [5.41, 5.74) is 2.04. The fraction of sp³-hybridized carbons (Fsp3) is 0.235. The SMILES string of the molecule is O=C(NCc1ccc(COCC(F)(F)F)cc1)Nc1ccc(Cl)cc1. The largest absolute Gasteiger partial charge is 0.411 e. The molecule has 8 heteroatoms. The van der Waals surface area contributed by atoms with Crippen LogP contribution < -0.4 is 10.6 Å². The van der Waals surface area contributed by atoms with E-state index in [2.05, 4.69) is 15.4 Å². The summed E-state index contributed by atoms with van der Waals surface area (Å²) in [6.45, 7) is -1.12. The molecule has 0 aliphatic carbocycles. The minimum Gasteiger partial charge on any atom is -0.367 e. The molecule has 0 aromatic heterocycles. The predicted molar refractivity (Wildman–Crippen MR) is 89.5 cm³/mol. The van der Waals surface area contributed by atoms with Gasteiger partial charge in [0, 0.05) is 17.3 Å². The van der Waals surface area contributed by atoms with Crippen LogP contribution in [0.2, 0.25) is 5.02 Å². The van der Waals surface area contributed by atoms with E-state index in [-0.39, 0.29) is 19.2 Å². The lowest BCUT2D eigenvalue weighted by molar-refractivity contribution is -0.176. The van der Waals surface area contributed by atoms with E-state index in [1.54, 1.807) is 48.5 Å². The Labute approximate surface area is 147 Å². The molecule has 0 atom stereocenters. The van der Waals surface area contributed by atoms with Crippen molar-refractivity contribution < 1.29 is 22.7 Å². The van der Waals surface area contributed by atoms with E-state index in [0.29, 0.717) is 16.3 Å². The molecule has 0 saturated carbocycles. The van der Waals surface area contributed by atoms with E-state index >= 15 is 0 Å². The summed E-state index contributed by atoms with van der Waals surface area (Å²) >= 11 is 5.76. The Morgan fingerprint density at radius 3 is 2.20 bits per heavy atom. The summed E-state index contributed by atoms with van der Waals surface area (Å²) in [4.78, 5) is 11.8. The zero-order valence-corrected chi connectivity index (χ0v) is 13.8. The van der Waals surface area contributed by atoms with Crippen LogP contribution in [0.4, 0.5) is 23.7 Å². The molecule has 2 amide bonds. The van der Waals surface area contributed by atoms with Gasteiger partial charge in [-0.2, -0.15) is 13.2 Å². The molecule has 0 radical (unpaired) electrons. The topological polar surface area (TPSA) is 50.4 Å². The highest BCUT2D eigenvalue weighted by Crippen LogP contribution is 2.16. The average Bonchev–Trinajstić information content (AvgIpc) is 2.55. The van der Waals surface area contributed by atoms with Gasteiger partial charge in [-0.15, -0.1) is 0 Å². The fourth-order valence-corrected chi connectivity index (χ4v) is 2.05. The van der Waals surface area contributed by atoms with Gasteiger partial charge in [-0.1, -0.05) is 35.9 Å². The van der Waals surface area contributed by atoms with Gasteiger partial charge in [0.1, 0.15) is 6.61 Å². The summed E-state index contributed by atoms with van der Waals surface area (Å²) in [6.07, 6.45) is -4.33. The number of hydrogen-bond donors (Lipinski definition) is 2. The number of halogens is 4. The molecule has 0 unspecified atom stereocenters. The van der Waals surface area contributed by atoms with Gasteiger partial charge in [0.05, 0.1) is 6.61 Å². The molecule has 0 saturated heterocycles. The molecule has 2 aromatic carbocycles. The van der Waals surface area contributed by atoms with Crippen LogP contribution in [0.1, 0.15) is 11.1 Å². The van der Waals surface area contributed by atoms with E-state index < -0.39 is 12.8 Å². The third-order valence-corrected chi connectivity index (χ3v) is 3.36. The van der Waals surface area contributed by atoms with E-state index in [1.807, 2.05) is 0 Å². The molecule has 0 aliphatic heterocycles. The number of carbonyl (C=O) groups is 1. The Morgan fingerprint density at radius 1 is 1.00 bits per heavy atom. The minimum absolute atomic E-state index is 0.121. The smallest absolute Gasteiger partial charge is 0.367 e. The molecule has 25 heavy (non-hydrogen) atoms. The molecule has 2 rings (SSSR count). The van der Waals surface area contributed by atoms with E-state index in [4.69, 9.17) is 11.6 Å². The molecule has 2 aromatic rings. The quantitative estimate of drug-likeness (QED) is 0.769. The number of anilines is 1. The van der Waals surface area contributed by atoms with Gasteiger partial charge in [-0.05, 0) is 35.4 Å². The van der Waals surface area contributed by atoms with Crippen LogP contribution in [-0.2, 0) is 17.9 Å². The number of rotatable bonds is 6. The molecule has 134 valence electrons. The third-order valence-electron chi connectivity index (χ3n) is 3.11. The lowest BCUT2D eigenvalue weighted by atomic mass is 10.1. The lowest BCUT2D eigenvalue weighted by Gasteiger charge is -2.09. The van der Waals surface area contributed by atoms with Crippen LogP contribution in [0, 0.1) is 0 Å². The maximum atomic E-state index is 12.0. The Morgan fingerprint density at radius 2 is 1.60 bits per heavy atom. The van der Waals surface area contributed by atoms with Crippen molar-refractivity contribution in [1.82, 2.24) is 5.32 Å². The van der Waals surface area contributed by atoms with E-state index in [9.17, 15) is 18.0 Å². The molecule has 0 spiro atoms. The third kappa shape index (κ3) is 7.45. The first-order valence-corrected chi connectivity index (χ1v) is 7.72. The van der Waals surface area contributed by atoms with Crippen molar-refractivity contribution >= 4 is 23.3 Å². The van der Waals surface area contributed by atoms with Gasteiger partial charge >= 0.3 is 12.2 Å². The Hall–Kier alpha value is -2.25. The van der Waals surface area contributed by atoms with Crippen LogP contribution in [0.5, 0.6) is 0 Å². The Bertz CT molecular complexity index is 689. The molecular formula is C17H16ClF3N2O2. The van der Waals surface area contributed by atoms with Gasteiger partial charge in [0.2, 0.25) is 0 Å². The van der Waals surface area contributed by atoms with E-state index in [0.717, 1.165) is 5.56 Å². The second-order valence-electron chi connectivity index (χ2n) is 5.24. The van der Waals surface area contributed by atoms with Gasteiger partial charge in [0.15, 0.2) is 0 Å². The fourth-order valence-electron chi connectivity index (χ4n) is 1.93. The molecule has 0 heterocycles. The standard InChI is InChI=1S/C17H16ClF3N2O2/c18-14-5-7-15(8-6-14)23-16(24)22-9-12-1-3-13(4-2-12)10-25-11-17(19,20)21/h1-8H,9-11H2,(H2,22,23,24). The molecular weight excluding hydrogens is 357 g/mol. The average molecular weight is 373 g/mol. The minimum atomic E-state index is -4.33. The monoisotopic (exact) mass is 372 g/mol. The lowest BCUT2D eigenvalue weighted by Crippen LogP contribution is -2.28. The van der Waals surface area contributed by atoms with Gasteiger partial charge < -0.3 is 15.4 Å². The molecule has 0 bridgehead atoms. The number of carbonyl (C=O) groups excluding carboxylic acids is 1. The first-order valence-electron chi connectivity index (χ1n) is 7.34. The highest BCUT2D eigenvalue weighted by atomic mass is 35.5. The Balaban J connectivity index is 1.75. The van der Waals surface area contributed by atoms with Gasteiger partial charge in [-0.25, -0.2) is 4.79 Å². The second-order valence-corrected chi connectivity index (χ2v) is 5.68. The number of alkyl halides is 3. The predicted octanol–water partition coefficient (Wildman–Crippen LogP) is 4.74. The summed E-state index contributed by atoms with van der Waals surface area (Å²) in [6, 6.07) is 13.1. The van der Waals surface area contributed by atoms with Crippen molar-refractivity contribution in [2.45, 2.75) is 19.3 Å². The number of ether oxygens (including phenoxy) is 1. The highest BCUT2D eigenvalue weighted by Gasteiger charge is 2.27. The van der Waals surface area contributed by atoms with Crippen LogP contribution in [0.25, 0.3) is 0 Å². The number of benzene rings is 2. The summed E-state index contributed by atoms with van der Waals surface area (Å²) in [5, 5.41) is 5.91. The van der Waals surface area contributed by atoms with Crippen LogP contribution in [0.3, 0.4) is 0 Å². The van der Waals surface area contributed by atoms with Crippen molar-refractivity contribution in [3.63, 3.8) is 0 Å². The summed E-state index contributed by atoms with van der Waals surface area (Å²) in [5.74, 6) is 0. The zero-order valence-electron chi connectivity index (χ0n) is 13.1. The zero-order chi connectivity index (χ0) is 18.3. The number of amides is 2. The van der Waals surface area contributed by atoms with Crippen molar-refractivity contribution in [1.29, 1.82) is 0 Å². The van der Waals surface area contributed by atoms with Gasteiger partial charge in [-0.3, -0.25) is 0 Å². The summed E-state index contributed by atoms with van der Waals surface area (Å²) in [7, 11) is 0. The van der Waals surface area contributed by atoms with Crippen molar-refractivity contribution in [2.75, 3.05) is 11.9 Å². The molecule has 2 N–H and O–H groups in total. The molecule has 0 fully saturated rings. The maximum absolute atomic E-state index is 12.0. The van der Waals surface area contributed by atoms with Crippen molar-refractivity contribution in [3.8, 4) is 0 Å². The number of nitrogens with one attached hydrogen (secondary N) is 2. The van der Waals surface area contributed by atoms with Crippen LogP contribution >= 0.6 is 11.6 Å². The molecule has 0 aliphatic rings. The number of hydrogen-bond acceptors (Lipinski definition) is 2. The Kier molecular flexibility index (Phi) is 6.66. The van der Waals surface area contributed by atoms with Gasteiger partial charge in [0.25, 0.3) is 0 Å². The highest BCUT2D eigenvalue weighted by molar-refractivity contribution is 6.30. The normalized spacial score (nSPS) is 11.2. The maximum Gasteiger partial charge on any atom is 0.411 e.